The summed E-state index contributed by atoms with van der Waals surface area (Å²) in [7, 11) is 0. The summed E-state index contributed by atoms with van der Waals surface area (Å²) in [6.45, 7) is 5.33. The molecule has 2 aliphatic heterocycles. The minimum absolute atomic E-state index is 0.0195. The quantitative estimate of drug-likeness (QED) is 0.637. The number of benzene rings is 3. The number of carbonyl (C=O) groups excluding carboxylic acids is 1. The van der Waals surface area contributed by atoms with Crippen LogP contribution in [0.5, 0.6) is 0 Å². The molecule has 30 heavy (non-hydrogen) atoms. The molecule has 0 bridgehead atoms. The first-order chi connectivity index (χ1) is 14.7. The minimum Gasteiger partial charge on any atom is -0.325 e. The highest BCUT2D eigenvalue weighted by molar-refractivity contribution is 6.24. The van der Waals surface area contributed by atoms with E-state index in [2.05, 4.69) is 35.3 Å². The fourth-order valence-electron chi connectivity index (χ4n) is 4.47. The summed E-state index contributed by atoms with van der Waals surface area (Å²) in [5.74, 6) is -0.430. The van der Waals surface area contributed by atoms with Gasteiger partial charge in [-0.3, -0.25) is 14.7 Å². The summed E-state index contributed by atoms with van der Waals surface area (Å²) >= 11 is 0. The average molecular weight is 396 g/mol. The molecule has 3 aromatic rings. The van der Waals surface area contributed by atoms with Crippen molar-refractivity contribution >= 4 is 23.0 Å². The molecule has 2 aliphatic rings. The maximum atomic E-state index is 13.0. The molecule has 4 heteroatoms. The van der Waals surface area contributed by atoms with Crippen LogP contribution in [-0.2, 0) is 17.8 Å². The van der Waals surface area contributed by atoms with Crippen molar-refractivity contribution in [2.24, 2.45) is 4.99 Å². The Kier molecular flexibility index (Phi) is 4.93. The van der Waals surface area contributed by atoms with Gasteiger partial charge in [0.05, 0.1) is 11.4 Å². The zero-order valence-electron chi connectivity index (χ0n) is 17.1. The maximum Gasteiger partial charge on any atom is 0.238 e. The normalized spacial score (nSPS) is 18.6. The van der Waals surface area contributed by atoms with Crippen molar-refractivity contribution in [3.63, 3.8) is 0 Å². The van der Waals surface area contributed by atoms with E-state index in [0.29, 0.717) is 0 Å². The van der Waals surface area contributed by atoms with E-state index in [0.717, 1.165) is 54.3 Å². The largest absolute Gasteiger partial charge is 0.325 e. The van der Waals surface area contributed by atoms with E-state index in [4.69, 9.17) is 4.99 Å². The highest BCUT2D eigenvalue weighted by Gasteiger charge is 2.35. The van der Waals surface area contributed by atoms with Crippen molar-refractivity contribution in [3.05, 3.63) is 95.1 Å². The third-order valence-electron chi connectivity index (χ3n) is 6.11. The van der Waals surface area contributed by atoms with Gasteiger partial charge in [-0.15, -0.1) is 0 Å². The smallest absolute Gasteiger partial charge is 0.238 e. The molecular formula is C26H25N3O. The van der Waals surface area contributed by atoms with Crippen molar-refractivity contribution in [1.82, 2.24) is 4.90 Å². The number of hydrogen-bond acceptors (Lipinski definition) is 3. The Balaban J connectivity index is 1.61. The second-order valence-electron chi connectivity index (χ2n) is 7.94. The standard InChI is InChI=1S/C26H25N3O/c1-2-29-15-14-18-12-13-21(16-20(18)17-29)27-25(19-8-4-3-5-9-19)24-22-10-6-7-11-23(22)28-26(24)30/h3-13,16,24H,2,14-15,17H2,1H3,(H,28,30). The minimum atomic E-state index is -0.410. The lowest BCUT2D eigenvalue weighted by molar-refractivity contribution is -0.115. The number of nitrogens with one attached hydrogen (secondary N) is 1. The van der Waals surface area contributed by atoms with Gasteiger partial charge in [0.25, 0.3) is 0 Å². The van der Waals surface area contributed by atoms with Crippen LogP contribution in [0.25, 0.3) is 0 Å². The summed E-state index contributed by atoms with van der Waals surface area (Å²) < 4.78 is 0. The van der Waals surface area contributed by atoms with E-state index in [1.165, 1.54) is 11.1 Å². The SMILES string of the molecule is CCN1CCc2ccc(N=C(c3ccccc3)C3C(=O)Nc4ccccc43)cc2C1. The molecule has 1 N–H and O–H groups in total. The first-order valence-corrected chi connectivity index (χ1v) is 10.6. The van der Waals surface area contributed by atoms with E-state index < -0.39 is 5.92 Å². The van der Waals surface area contributed by atoms with Gasteiger partial charge in [0.15, 0.2) is 0 Å². The van der Waals surface area contributed by atoms with Crippen LogP contribution in [0.3, 0.4) is 0 Å². The lowest BCUT2D eigenvalue weighted by atomic mass is 9.90. The molecule has 0 aliphatic carbocycles. The number of fused-ring (bicyclic) bond motifs is 2. The van der Waals surface area contributed by atoms with Crippen molar-refractivity contribution in [2.45, 2.75) is 25.8 Å². The van der Waals surface area contributed by atoms with Crippen LogP contribution in [0.4, 0.5) is 11.4 Å². The summed E-state index contributed by atoms with van der Waals surface area (Å²) in [6.07, 6.45) is 1.08. The molecule has 2 heterocycles. The van der Waals surface area contributed by atoms with Gasteiger partial charge in [0, 0.05) is 18.8 Å². The van der Waals surface area contributed by atoms with Gasteiger partial charge in [-0.2, -0.15) is 0 Å². The van der Waals surface area contributed by atoms with E-state index in [1.807, 2.05) is 54.6 Å². The van der Waals surface area contributed by atoms with Crippen LogP contribution >= 0.6 is 0 Å². The van der Waals surface area contributed by atoms with Gasteiger partial charge in [-0.25, -0.2) is 0 Å². The van der Waals surface area contributed by atoms with Crippen LogP contribution < -0.4 is 5.32 Å². The van der Waals surface area contributed by atoms with Crippen LogP contribution in [0, 0.1) is 0 Å². The Bertz CT molecular complexity index is 1120. The molecule has 0 aromatic heterocycles. The Morgan fingerprint density at radius 2 is 1.83 bits per heavy atom. The predicted octanol–water partition coefficient (Wildman–Crippen LogP) is 4.92. The summed E-state index contributed by atoms with van der Waals surface area (Å²) in [4.78, 5) is 20.5. The highest BCUT2D eigenvalue weighted by Crippen LogP contribution is 2.36. The summed E-state index contributed by atoms with van der Waals surface area (Å²) in [5, 5.41) is 3.02. The van der Waals surface area contributed by atoms with Gasteiger partial charge in [0.2, 0.25) is 5.91 Å². The third-order valence-corrected chi connectivity index (χ3v) is 6.11. The number of amides is 1. The number of rotatable bonds is 4. The molecule has 150 valence electrons. The molecule has 4 nitrogen and oxygen atoms in total. The Morgan fingerprint density at radius 1 is 1.03 bits per heavy atom. The van der Waals surface area contributed by atoms with Crippen LogP contribution in [0.1, 0.15) is 35.1 Å². The van der Waals surface area contributed by atoms with Crippen molar-refractivity contribution in [1.29, 1.82) is 0 Å². The molecule has 5 rings (SSSR count). The number of anilines is 1. The summed E-state index contributed by atoms with van der Waals surface area (Å²) in [6, 6.07) is 24.4. The van der Waals surface area contributed by atoms with Gasteiger partial charge in [0.1, 0.15) is 5.92 Å². The van der Waals surface area contributed by atoms with Gasteiger partial charge in [-0.1, -0.05) is 61.5 Å². The van der Waals surface area contributed by atoms with Crippen molar-refractivity contribution < 1.29 is 4.79 Å². The molecule has 0 fully saturated rings. The fourth-order valence-corrected chi connectivity index (χ4v) is 4.47. The first kappa shape index (κ1) is 18.8. The van der Waals surface area contributed by atoms with Crippen molar-refractivity contribution in [2.75, 3.05) is 18.4 Å². The number of hydrogen-bond donors (Lipinski definition) is 1. The monoisotopic (exact) mass is 395 g/mol. The molecule has 1 amide bonds. The van der Waals surface area contributed by atoms with Crippen LogP contribution in [0.15, 0.2) is 77.8 Å². The van der Waals surface area contributed by atoms with E-state index in [9.17, 15) is 4.79 Å². The number of aliphatic imine (C=N–C) groups is 1. The fraction of sp³-hybridized carbons (Fsp3) is 0.231. The lowest BCUT2D eigenvalue weighted by Crippen LogP contribution is -2.30. The van der Waals surface area contributed by atoms with Gasteiger partial charge < -0.3 is 5.32 Å². The van der Waals surface area contributed by atoms with Gasteiger partial charge >= 0.3 is 0 Å². The van der Waals surface area contributed by atoms with Crippen LogP contribution in [-0.4, -0.2) is 29.6 Å². The molecule has 0 saturated heterocycles. The predicted molar refractivity (Wildman–Crippen MR) is 122 cm³/mol. The van der Waals surface area contributed by atoms with E-state index in [1.54, 1.807) is 0 Å². The van der Waals surface area contributed by atoms with Gasteiger partial charge in [-0.05, 0) is 53.4 Å². The van der Waals surface area contributed by atoms with E-state index >= 15 is 0 Å². The molecular weight excluding hydrogens is 370 g/mol. The Morgan fingerprint density at radius 3 is 2.67 bits per heavy atom. The topological polar surface area (TPSA) is 44.7 Å². The number of likely N-dealkylation sites (N-methyl/N-ethyl adjacent to an activating group) is 1. The molecule has 0 spiro atoms. The maximum absolute atomic E-state index is 13.0. The van der Waals surface area contributed by atoms with Crippen molar-refractivity contribution in [3.8, 4) is 0 Å². The zero-order valence-corrected chi connectivity index (χ0v) is 17.1. The first-order valence-electron chi connectivity index (χ1n) is 10.6. The molecule has 0 radical (unpaired) electrons. The second kappa shape index (κ2) is 7.88. The Hall–Kier alpha value is -3.24. The molecule has 1 unspecified atom stereocenters. The Labute approximate surface area is 177 Å². The number of carbonyl (C=O) groups is 1. The highest BCUT2D eigenvalue weighted by atomic mass is 16.2. The third kappa shape index (κ3) is 3.44. The molecule has 0 saturated carbocycles. The van der Waals surface area contributed by atoms with E-state index in [-0.39, 0.29) is 5.91 Å². The lowest BCUT2D eigenvalue weighted by Gasteiger charge is -2.27. The van der Waals surface area contributed by atoms with Crippen LogP contribution in [0.2, 0.25) is 0 Å². The molecule has 3 aromatic carbocycles. The number of nitrogens with zero attached hydrogens (tertiary/aromatic N) is 2. The second-order valence-corrected chi connectivity index (χ2v) is 7.94. The average Bonchev–Trinajstić information content (AvgIpc) is 3.13. The molecule has 1 atom stereocenters. The summed E-state index contributed by atoms with van der Waals surface area (Å²) in [5.41, 5.74) is 7.28. The zero-order chi connectivity index (χ0) is 20.5. The number of para-hydroxylation sites is 1.